The molecule has 2 aliphatic carbocycles. The monoisotopic (exact) mass is 402 g/mol. The zero-order chi connectivity index (χ0) is 19.3. The molecular formula is C22H31ClN4O. The van der Waals surface area contributed by atoms with Crippen LogP contribution in [-0.2, 0) is 11.3 Å². The number of fused-ring (bicyclic) bond motifs is 2. The number of amides is 1. The number of hydrogen-bond donors (Lipinski definition) is 1. The first-order chi connectivity index (χ1) is 12.9. The first-order valence-electron chi connectivity index (χ1n) is 10.00. The second-order valence-electron chi connectivity index (χ2n) is 8.48. The number of carbonyl (C=O) groups excluding carboxylic acids is 1. The second-order valence-corrected chi connectivity index (χ2v) is 8.48. The molecule has 0 spiro atoms. The van der Waals surface area contributed by atoms with Crippen molar-refractivity contribution in [2.24, 2.45) is 23.5 Å². The normalized spacial score (nSPS) is 25.6. The Morgan fingerprint density at radius 1 is 1.21 bits per heavy atom. The van der Waals surface area contributed by atoms with Crippen molar-refractivity contribution < 1.29 is 4.79 Å². The molecule has 1 amide bonds. The summed E-state index contributed by atoms with van der Waals surface area (Å²) in [5.41, 5.74) is 11.9. The summed E-state index contributed by atoms with van der Waals surface area (Å²) in [5.74, 6) is 1.24. The molecule has 0 radical (unpaired) electrons. The maximum atomic E-state index is 13.1. The number of carbonyl (C=O) groups is 1. The summed E-state index contributed by atoms with van der Waals surface area (Å²) in [4.78, 5) is 15.0. The molecule has 2 bridgehead atoms. The maximum Gasteiger partial charge on any atom is 0.227 e. The minimum atomic E-state index is 0. The van der Waals surface area contributed by atoms with Crippen molar-refractivity contribution >= 4 is 18.3 Å². The van der Waals surface area contributed by atoms with Crippen LogP contribution in [-0.4, -0.2) is 33.7 Å². The van der Waals surface area contributed by atoms with Crippen molar-refractivity contribution in [2.45, 2.75) is 52.6 Å². The summed E-state index contributed by atoms with van der Waals surface area (Å²) in [6.45, 7) is 6.79. The second kappa shape index (κ2) is 7.88. The van der Waals surface area contributed by atoms with Crippen molar-refractivity contribution in [3.05, 3.63) is 46.8 Å². The smallest absolute Gasteiger partial charge is 0.227 e. The molecule has 2 aromatic rings. The van der Waals surface area contributed by atoms with Gasteiger partial charge in [-0.05, 0) is 63.5 Å². The fraction of sp³-hybridized carbons (Fsp3) is 0.545. The van der Waals surface area contributed by atoms with E-state index in [1.165, 1.54) is 12.0 Å². The molecule has 2 N–H and O–H groups in total. The standard InChI is InChI=1S/C22H30N4O.ClH/c1-13-7-5-6-8-19(13)26-15(3)18(14(2)24-26)12-25(4)22(27)20-16-9-10-17(11-16)21(20)23;/h5-8,16-17,20-21H,9-12,23H2,1-4H3;1H. The van der Waals surface area contributed by atoms with E-state index in [0.717, 1.165) is 35.5 Å². The molecule has 5 nitrogen and oxygen atoms in total. The zero-order valence-corrected chi connectivity index (χ0v) is 18.0. The van der Waals surface area contributed by atoms with Crippen LogP contribution in [0.15, 0.2) is 24.3 Å². The van der Waals surface area contributed by atoms with Crippen molar-refractivity contribution in [2.75, 3.05) is 7.05 Å². The highest BCUT2D eigenvalue weighted by atomic mass is 35.5. The number of para-hydroxylation sites is 1. The van der Waals surface area contributed by atoms with Gasteiger partial charge in [-0.2, -0.15) is 5.10 Å². The lowest BCUT2D eigenvalue weighted by Gasteiger charge is -2.31. The van der Waals surface area contributed by atoms with E-state index >= 15 is 0 Å². The molecule has 4 rings (SSSR count). The average molecular weight is 403 g/mol. The van der Waals surface area contributed by atoms with Crippen molar-refractivity contribution in [1.82, 2.24) is 14.7 Å². The van der Waals surface area contributed by atoms with Crippen LogP contribution in [0.3, 0.4) is 0 Å². The van der Waals surface area contributed by atoms with Gasteiger partial charge in [-0.1, -0.05) is 18.2 Å². The van der Waals surface area contributed by atoms with Crippen LogP contribution in [0.25, 0.3) is 5.69 Å². The third kappa shape index (κ3) is 3.35. The zero-order valence-electron chi connectivity index (χ0n) is 17.2. The lowest BCUT2D eigenvalue weighted by atomic mass is 9.84. The van der Waals surface area contributed by atoms with Crippen molar-refractivity contribution in [1.29, 1.82) is 0 Å². The van der Waals surface area contributed by atoms with Gasteiger partial charge in [-0.3, -0.25) is 4.79 Å². The van der Waals surface area contributed by atoms with Gasteiger partial charge in [0.15, 0.2) is 0 Å². The molecule has 4 atom stereocenters. The van der Waals surface area contributed by atoms with Gasteiger partial charge < -0.3 is 10.6 Å². The van der Waals surface area contributed by atoms with E-state index in [0.29, 0.717) is 18.4 Å². The number of benzene rings is 1. The Bertz CT molecular complexity index is 875. The van der Waals surface area contributed by atoms with Crippen LogP contribution < -0.4 is 5.73 Å². The van der Waals surface area contributed by atoms with Gasteiger partial charge in [0, 0.05) is 30.9 Å². The van der Waals surface area contributed by atoms with E-state index in [1.54, 1.807) is 0 Å². The number of halogens is 1. The van der Waals surface area contributed by atoms with Crippen molar-refractivity contribution in [3.8, 4) is 5.69 Å². The first kappa shape index (κ1) is 20.9. The van der Waals surface area contributed by atoms with E-state index in [-0.39, 0.29) is 30.3 Å². The van der Waals surface area contributed by atoms with Crippen LogP contribution in [0.4, 0.5) is 0 Å². The Kier molecular flexibility index (Phi) is 5.87. The van der Waals surface area contributed by atoms with Crippen LogP contribution in [0.1, 0.15) is 41.8 Å². The van der Waals surface area contributed by atoms with Crippen LogP contribution in [0, 0.1) is 38.5 Å². The molecule has 28 heavy (non-hydrogen) atoms. The van der Waals surface area contributed by atoms with Crippen molar-refractivity contribution in [3.63, 3.8) is 0 Å². The van der Waals surface area contributed by atoms with E-state index < -0.39 is 0 Å². The Hall–Kier alpha value is -1.85. The fourth-order valence-corrected chi connectivity index (χ4v) is 5.21. The average Bonchev–Trinajstić information content (AvgIpc) is 3.31. The molecule has 6 heteroatoms. The number of rotatable bonds is 4. The van der Waals surface area contributed by atoms with E-state index in [4.69, 9.17) is 10.8 Å². The Labute approximate surface area is 173 Å². The fourth-order valence-electron chi connectivity index (χ4n) is 5.21. The molecule has 2 saturated carbocycles. The maximum absolute atomic E-state index is 13.1. The Morgan fingerprint density at radius 3 is 2.54 bits per heavy atom. The summed E-state index contributed by atoms with van der Waals surface area (Å²) in [6, 6.07) is 8.29. The molecule has 1 aromatic heterocycles. The van der Waals surface area contributed by atoms with Crippen LogP contribution in [0.2, 0.25) is 0 Å². The van der Waals surface area contributed by atoms with E-state index in [2.05, 4.69) is 26.0 Å². The number of nitrogens with two attached hydrogens (primary N) is 1. The molecule has 1 aromatic carbocycles. The summed E-state index contributed by atoms with van der Waals surface area (Å²) in [6.07, 6.45) is 3.49. The third-order valence-electron chi connectivity index (χ3n) is 6.82. The van der Waals surface area contributed by atoms with Gasteiger partial charge in [0.25, 0.3) is 0 Å². The third-order valence-corrected chi connectivity index (χ3v) is 6.82. The van der Waals surface area contributed by atoms with E-state index in [1.807, 2.05) is 35.7 Å². The summed E-state index contributed by atoms with van der Waals surface area (Å²) < 4.78 is 2.00. The highest BCUT2D eigenvalue weighted by Gasteiger charge is 2.49. The lowest BCUT2D eigenvalue weighted by Crippen LogP contribution is -2.45. The highest BCUT2D eigenvalue weighted by molar-refractivity contribution is 5.85. The number of hydrogen-bond acceptors (Lipinski definition) is 3. The molecule has 4 unspecified atom stereocenters. The highest BCUT2D eigenvalue weighted by Crippen LogP contribution is 2.48. The molecule has 152 valence electrons. The molecule has 2 aliphatic rings. The molecule has 0 aliphatic heterocycles. The number of aromatic nitrogens is 2. The van der Waals surface area contributed by atoms with Gasteiger partial charge in [0.1, 0.15) is 0 Å². The Morgan fingerprint density at radius 2 is 1.89 bits per heavy atom. The molecule has 0 saturated heterocycles. The quantitative estimate of drug-likeness (QED) is 0.850. The van der Waals surface area contributed by atoms with E-state index in [9.17, 15) is 4.79 Å². The van der Waals surface area contributed by atoms with Crippen LogP contribution >= 0.6 is 12.4 Å². The molecule has 2 fully saturated rings. The number of aryl methyl sites for hydroxylation is 2. The van der Waals surface area contributed by atoms with Gasteiger partial charge in [-0.15, -0.1) is 12.4 Å². The van der Waals surface area contributed by atoms with Gasteiger partial charge >= 0.3 is 0 Å². The topological polar surface area (TPSA) is 64.2 Å². The molecule has 1 heterocycles. The van der Waals surface area contributed by atoms with Gasteiger partial charge in [0.05, 0.1) is 17.3 Å². The largest absolute Gasteiger partial charge is 0.341 e. The Balaban J connectivity index is 0.00000225. The summed E-state index contributed by atoms with van der Waals surface area (Å²) in [5, 5.41) is 4.76. The van der Waals surface area contributed by atoms with Gasteiger partial charge in [-0.25, -0.2) is 4.68 Å². The minimum absolute atomic E-state index is 0. The number of nitrogens with zero attached hydrogens (tertiary/aromatic N) is 3. The predicted molar refractivity (Wildman–Crippen MR) is 114 cm³/mol. The minimum Gasteiger partial charge on any atom is -0.341 e. The summed E-state index contributed by atoms with van der Waals surface area (Å²) in [7, 11) is 1.91. The predicted octanol–water partition coefficient (Wildman–Crippen LogP) is 3.55. The van der Waals surface area contributed by atoms with Crippen LogP contribution in [0.5, 0.6) is 0 Å². The lowest BCUT2D eigenvalue weighted by molar-refractivity contribution is -0.137. The summed E-state index contributed by atoms with van der Waals surface area (Å²) >= 11 is 0. The molecular weight excluding hydrogens is 372 g/mol. The SMILES string of the molecule is Cc1ccccc1-n1nc(C)c(CN(C)C(=O)C2C3CCC(C3)C2N)c1C.Cl. The van der Waals surface area contributed by atoms with Gasteiger partial charge in [0.2, 0.25) is 5.91 Å². The first-order valence-corrected chi connectivity index (χ1v) is 10.00.